The zero-order valence-corrected chi connectivity index (χ0v) is 6.32. The van der Waals surface area contributed by atoms with Crippen molar-refractivity contribution in [2.45, 2.75) is 20.8 Å². The highest BCUT2D eigenvalue weighted by molar-refractivity contribution is 4.43. The lowest BCUT2D eigenvalue weighted by atomic mass is 10.5. The molecular weight excluding hydrogens is 124 g/mol. The van der Waals surface area contributed by atoms with E-state index in [2.05, 4.69) is 25.7 Å². The summed E-state index contributed by atoms with van der Waals surface area (Å²) in [5.41, 5.74) is 0. The average Bonchev–Trinajstić information content (AvgIpc) is 1.96. The van der Waals surface area contributed by atoms with Crippen LogP contribution in [-0.2, 0) is 0 Å². The highest BCUT2D eigenvalue weighted by Gasteiger charge is 1.89. The molecule has 0 aliphatic carbocycles. The molecule has 0 amide bonds. The first-order valence-electron chi connectivity index (χ1n) is 3.21. The van der Waals surface area contributed by atoms with Crippen molar-refractivity contribution in [3.63, 3.8) is 0 Å². The second-order valence-corrected chi connectivity index (χ2v) is 1.62. The molecule has 0 saturated carbocycles. The van der Waals surface area contributed by atoms with Gasteiger partial charge in [0.1, 0.15) is 0 Å². The highest BCUT2D eigenvalue weighted by atomic mass is 20.0. The van der Waals surface area contributed by atoms with Crippen LogP contribution in [-0.4, -0.2) is 24.5 Å². The van der Waals surface area contributed by atoms with E-state index in [1.54, 1.807) is 0 Å². The highest BCUT2D eigenvalue weighted by Crippen LogP contribution is 1.81. The van der Waals surface area contributed by atoms with Crippen LogP contribution in [0.25, 0.3) is 0 Å². The molecule has 0 bridgehead atoms. The molecule has 0 fully saturated rings. The molecule has 9 heavy (non-hydrogen) atoms. The Morgan fingerprint density at radius 2 is 1.11 bits per heavy atom. The summed E-state index contributed by atoms with van der Waals surface area (Å²) in [6.07, 6.45) is 0. The van der Waals surface area contributed by atoms with E-state index in [1.807, 2.05) is 0 Å². The van der Waals surface area contributed by atoms with Crippen LogP contribution in [0, 0.1) is 0 Å². The van der Waals surface area contributed by atoms with Crippen molar-refractivity contribution in [2.24, 2.45) is 0 Å². The van der Waals surface area contributed by atoms with E-state index < -0.39 is 0 Å². The summed E-state index contributed by atoms with van der Waals surface area (Å²) in [5, 5.41) is 0. The van der Waals surface area contributed by atoms with E-state index in [0.717, 1.165) is 0 Å². The quantitative estimate of drug-likeness (QED) is 0.579. The second kappa shape index (κ2) is 10.7. The zero-order chi connectivity index (χ0) is 7.70. The largest absolute Gasteiger partial charge is 0.304 e. The lowest BCUT2D eigenvalue weighted by Crippen LogP contribution is -2.21. The first-order valence-corrected chi connectivity index (χ1v) is 3.21. The van der Waals surface area contributed by atoms with Crippen LogP contribution >= 0.6 is 0 Å². The summed E-state index contributed by atoms with van der Waals surface area (Å²) in [6.45, 7) is 10.1. The standard InChI is InChI=1S/C6H15N.F2/c1-4-7(5-2)6-3;1-2/h4-6H2,1-3H3;. The molecule has 0 radical (unpaired) electrons. The van der Waals surface area contributed by atoms with Gasteiger partial charge in [0, 0.05) is 9.15 Å². The first kappa shape index (κ1) is 11.6. The van der Waals surface area contributed by atoms with Gasteiger partial charge in [0.05, 0.1) is 0 Å². The van der Waals surface area contributed by atoms with Gasteiger partial charge in [-0.25, -0.2) is 0 Å². The van der Waals surface area contributed by atoms with E-state index in [0.29, 0.717) is 0 Å². The third kappa shape index (κ3) is 7.82. The molecular formula is C6H15F2N. The fourth-order valence-corrected chi connectivity index (χ4v) is 0.671. The van der Waals surface area contributed by atoms with E-state index in [1.165, 1.54) is 19.6 Å². The fourth-order valence-electron chi connectivity index (χ4n) is 0.671. The maximum atomic E-state index is 8.00. The zero-order valence-electron chi connectivity index (χ0n) is 6.32. The summed E-state index contributed by atoms with van der Waals surface area (Å²) in [6, 6.07) is 0. The predicted molar refractivity (Wildman–Crippen MR) is 35.7 cm³/mol. The minimum atomic E-state index is 1.19. The van der Waals surface area contributed by atoms with Gasteiger partial charge in [-0.1, -0.05) is 20.8 Å². The smallest absolute Gasteiger partial charge is 0 e. The molecule has 0 saturated heterocycles. The van der Waals surface area contributed by atoms with Crippen LogP contribution in [0.4, 0.5) is 9.15 Å². The number of rotatable bonds is 3. The van der Waals surface area contributed by atoms with Gasteiger partial charge >= 0.3 is 0 Å². The second-order valence-electron chi connectivity index (χ2n) is 1.62. The molecule has 58 valence electrons. The molecule has 0 spiro atoms. The lowest BCUT2D eigenvalue weighted by Gasteiger charge is -2.13. The molecule has 0 N–H and O–H groups in total. The van der Waals surface area contributed by atoms with Gasteiger partial charge in [0.2, 0.25) is 0 Å². The van der Waals surface area contributed by atoms with Crippen molar-refractivity contribution in [1.82, 2.24) is 4.90 Å². The van der Waals surface area contributed by atoms with E-state index in [4.69, 9.17) is 9.15 Å². The van der Waals surface area contributed by atoms with Gasteiger partial charge in [0.25, 0.3) is 0 Å². The van der Waals surface area contributed by atoms with Crippen molar-refractivity contribution in [2.75, 3.05) is 19.6 Å². The first-order chi connectivity index (χ1) is 4.35. The summed E-state index contributed by atoms with van der Waals surface area (Å²) in [4.78, 5) is 2.38. The van der Waals surface area contributed by atoms with Gasteiger partial charge in [-0.2, -0.15) is 0 Å². The molecule has 0 aromatic heterocycles. The van der Waals surface area contributed by atoms with Crippen molar-refractivity contribution < 1.29 is 9.15 Å². The fraction of sp³-hybridized carbons (Fsp3) is 1.00. The van der Waals surface area contributed by atoms with Gasteiger partial charge < -0.3 is 4.90 Å². The molecule has 0 unspecified atom stereocenters. The van der Waals surface area contributed by atoms with E-state index >= 15 is 0 Å². The summed E-state index contributed by atoms with van der Waals surface area (Å²) >= 11 is 0. The molecule has 0 heterocycles. The Balaban J connectivity index is 0. The number of halogens is 2. The number of hydrogen-bond donors (Lipinski definition) is 0. The molecule has 0 aromatic rings. The Bertz CT molecular complexity index is 32.5. The minimum absolute atomic E-state index is 1.19. The van der Waals surface area contributed by atoms with Gasteiger partial charge in [0.15, 0.2) is 0 Å². The maximum Gasteiger partial charge on any atom is 0 e. The Kier molecular flexibility index (Phi) is 13.8. The number of hydrogen-bond acceptors (Lipinski definition) is 1. The normalized spacial score (nSPS) is 8.67. The predicted octanol–water partition coefficient (Wildman–Crippen LogP) is 2.19. The Hall–Kier alpha value is -0.180. The molecule has 0 aliphatic heterocycles. The molecule has 3 heteroatoms. The Labute approximate surface area is 55.5 Å². The maximum absolute atomic E-state index is 8.00. The SMILES string of the molecule is CCN(CC)CC.FF. The van der Waals surface area contributed by atoms with Crippen LogP contribution in [0.1, 0.15) is 20.8 Å². The van der Waals surface area contributed by atoms with Crippen molar-refractivity contribution in [3.05, 3.63) is 0 Å². The Morgan fingerprint density at radius 1 is 0.889 bits per heavy atom. The van der Waals surface area contributed by atoms with Gasteiger partial charge in [-0.15, -0.1) is 0 Å². The molecule has 0 aliphatic rings. The minimum Gasteiger partial charge on any atom is -0.304 e. The average molecular weight is 139 g/mol. The van der Waals surface area contributed by atoms with Gasteiger partial charge in [-0.05, 0) is 19.6 Å². The van der Waals surface area contributed by atoms with Crippen LogP contribution in [0.2, 0.25) is 0 Å². The van der Waals surface area contributed by atoms with Crippen LogP contribution in [0.5, 0.6) is 0 Å². The summed E-state index contributed by atoms with van der Waals surface area (Å²) in [7, 11) is 0. The van der Waals surface area contributed by atoms with E-state index in [-0.39, 0.29) is 0 Å². The lowest BCUT2D eigenvalue weighted by molar-refractivity contribution is 0.108. The van der Waals surface area contributed by atoms with Crippen LogP contribution in [0.15, 0.2) is 0 Å². The van der Waals surface area contributed by atoms with Crippen molar-refractivity contribution in [1.29, 1.82) is 0 Å². The van der Waals surface area contributed by atoms with Crippen molar-refractivity contribution >= 4 is 0 Å². The van der Waals surface area contributed by atoms with Crippen LogP contribution < -0.4 is 0 Å². The summed E-state index contributed by atoms with van der Waals surface area (Å²) < 4.78 is 16.0. The molecule has 1 nitrogen and oxygen atoms in total. The van der Waals surface area contributed by atoms with E-state index in [9.17, 15) is 0 Å². The molecule has 0 rings (SSSR count). The monoisotopic (exact) mass is 139 g/mol. The topological polar surface area (TPSA) is 3.24 Å². The van der Waals surface area contributed by atoms with Crippen molar-refractivity contribution in [3.8, 4) is 0 Å². The molecule has 0 atom stereocenters. The summed E-state index contributed by atoms with van der Waals surface area (Å²) in [5.74, 6) is 0. The molecule has 0 aromatic carbocycles. The van der Waals surface area contributed by atoms with Crippen LogP contribution in [0.3, 0.4) is 0 Å². The third-order valence-corrected chi connectivity index (χ3v) is 1.34. The Morgan fingerprint density at radius 3 is 1.11 bits per heavy atom. The number of nitrogens with zero attached hydrogens (tertiary/aromatic N) is 1. The van der Waals surface area contributed by atoms with Gasteiger partial charge in [-0.3, -0.25) is 0 Å². The third-order valence-electron chi connectivity index (χ3n) is 1.34.